The summed E-state index contributed by atoms with van der Waals surface area (Å²) in [6, 6.07) is 71.2. The standard InChI is InChI=1S/C53H33N5/c1-2-14-36(15-3-1)51-54-52(41-23-22-34-12-4-6-16-37(34)30-41)56-53(55-51)58-48-21-11-9-19-44(48)46-33-40(26-29-50(46)58)39-25-28-49-45(32-39)43-18-8-10-20-47(43)57(49)42-27-24-35-13-5-7-17-38(35)31-42/h1-33H. The number of hydrogen-bond acceptors (Lipinski definition) is 3. The van der Waals surface area contributed by atoms with Crippen molar-refractivity contribution in [3.05, 3.63) is 200 Å². The highest BCUT2D eigenvalue weighted by atomic mass is 15.2. The monoisotopic (exact) mass is 739 g/mol. The SMILES string of the molecule is c1ccc(-c2nc(-c3ccc4ccccc4c3)nc(-n3c4ccccc4c4cc(-c5ccc6c(c5)c5ccccc5n6-c5ccc6ccccc6c5)ccc43)n2)cc1. The summed E-state index contributed by atoms with van der Waals surface area (Å²) in [5.41, 5.74) is 9.81. The molecular formula is C53H33N5. The van der Waals surface area contributed by atoms with Gasteiger partial charge in [0.25, 0.3) is 0 Å². The van der Waals surface area contributed by atoms with E-state index >= 15 is 0 Å². The molecule has 0 saturated heterocycles. The Bertz CT molecular complexity index is 3580. The summed E-state index contributed by atoms with van der Waals surface area (Å²) in [5, 5.41) is 9.53. The first-order valence-corrected chi connectivity index (χ1v) is 19.6. The second-order valence-corrected chi connectivity index (χ2v) is 14.9. The fourth-order valence-electron chi connectivity index (χ4n) is 8.75. The summed E-state index contributed by atoms with van der Waals surface area (Å²) in [4.78, 5) is 15.4. The molecule has 0 radical (unpaired) electrons. The van der Waals surface area contributed by atoms with Crippen LogP contribution < -0.4 is 0 Å². The second kappa shape index (κ2) is 12.8. The third-order valence-corrected chi connectivity index (χ3v) is 11.5. The molecular weight excluding hydrogens is 707 g/mol. The van der Waals surface area contributed by atoms with Crippen molar-refractivity contribution < 1.29 is 0 Å². The molecule has 12 aromatic rings. The van der Waals surface area contributed by atoms with Gasteiger partial charge in [-0.15, -0.1) is 0 Å². The fraction of sp³-hybridized carbons (Fsp3) is 0. The molecule has 270 valence electrons. The highest BCUT2D eigenvalue weighted by molar-refractivity contribution is 6.12. The third-order valence-electron chi connectivity index (χ3n) is 11.5. The van der Waals surface area contributed by atoms with Gasteiger partial charge in [-0.2, -0.15) is 9.97 Å². The number of benzene rings is 9. The molecule has 0 saturated carbocycles. The van der Waals surface area contributed by atoms with Gasteiger partial charge in [0.15, 0.2) is 11.6 Å². The molecule has 0 spiro atoms. The smallest absolute Gasteiger partial charge is 0.238 e. The molecule has 5 nitrogen and oxygen atoms in total. The Balaban J connectivity index is 1.03. The summed E-state index contributed by atoms with van der Waals surface area (Å²) >= 11 is 0. The quantitative estimate of drug-likeness (QED) is 0.177. The van der Waals surface area contributed by atoms with Crippen molar-refractivity contribution in [2.24, 2.45) is 0 Å². The predicted octanol–water partition coefficient (Wildman–Crippen LogP) is 13.4. The molecule has 0 unspecified atom stereocenters. The van der Waals surface area contributed by atoms with Crippen LogP contribution in [0.15, 0.2) is 200 Å². The van der Waals surface area contributed by atoms with Crippen molar-refractivity contribution >= 4 is 65.2 Å². The zero-order valence-electron chi connectivity index (χ0n) is 31.3. The average Bonchev–Trinajstić information content (AvgIpc) is 3.81. The highest BCUT2D eigenvalue weighted by Crippen LogP contribution is 2.39. The van der Waals surface area contributed by atoms with Gasteiger partial charge in [0, 0.05) is 38.4 Å². The first kappa shape index (κ1) is 32.4. The molecule has 0 aliphatic carbocycles. The Kier molecular flexibility index (Phi) is 7.16. The average molecular weight is 740 g/mol. The number of nitrogens with zero attached hydrogens (tertiary/aromatic N) is 5. The summed E-state index contributed by atoms with van der Waals surface area (Å²) < 4.78 is 4.58. The molecule has 0 fully saturated rings. The zero-order chi connectivity index (χ0) is 38.2. The lowest BCUT2D eigenvalue weighted by Gasteiger charge is -2.11. The van der Waals surface area contributed by atoms with Crippen molar-refractivity contribution in [1.82, 2.24) is 24.1 Å². The summed E-state index contributed by atoms with van der Waals surface area (Å²) in [5.74, 6) is 1.85. The first-order valence-electron chi connectivity index (χ1n) is 19.6. The summed E-state index contributed by atoms with van der Waals surface area (Å²) in [7, 11) is 0. The van der Waals surface area contributed by atoms with Gasteiger partial charge < -0.3 is 4.57 Å². The van der Waals surface area contributed by atoms with Crippen molar-refractivity contribution in [3.8, 4) is 45.5 Å². The lowest BCUT2D eigenvalue weighted by atomic mass is 10.0. The van der Waals surface area contributed by atoms with Crippen LogP contribution in [-0.4, -0.2) is 24.1 Å². The third kappa shape index (κ3) is 5.14. The minimum atomic E-state index is 0.582. The molecule has 0 aliphatic heterocycles. The molecule has 3 aromatic heterocycles. The largest absolute Gasteiger partial charge is 0.309 e. The van der Waals surface area contributed by atoms with E-state index in [1.54, 1.807) is 0 Å². The summed E-state index contributed by atoms with van der Waals surface area (Å²) in [6.45, 7) is 0. The van der Waals surface area contributed by atoms with E-state index in [9.17, 15) is 0 Å². The topological polar surface area (TPSA) is 48.5 Å². The molecule has 0 N–H and O–H groups in total. The van der Waals surface area contributed by atoms with Crippen LogP contribution in [0.2, 0.25) is 0 Å². The highest BCUT2D eigenvalue weighted by Gasteiger charge is 2.19. The number of aromatic nitrogens is 5. The van der Waals surface area contributed by atoms with Crippen LogP contribution >= 0.6 is 0 Å². The van der Waals surface area contributed by atoms with E-state index in [0.29, 0.717) is 17.6 Å². The van der Waals surface area contributed by atoms with Crippen LogP contribution in [0, 0.1) is 0 Å². The van der Waals surface area contributed by atoms with Crippen molar-refractivity contribution in [2.45, 2.75) is 0 Å². The lowest BCUT2D eigenvalue weighted by molar-refractivity contribution is 0.953. The number of para-hydroxylation sites is 2. The van der Waals surface area contributed by atoms with Crippen molar-refractivity contribution in [1.29, 1.82) is 0 Å². The Morgan fingerprint density at radius 3 is 1.43 bits per heavy atom. The van der Waals surface area contributed by atoms with Crippen LogP contribution in [0.5, 0.6) is 0 Å². The van der Waals surface area contributed by atoms with Crippen molar-refractivity contribution in [3.63, 3.8) is 0 Å². The molecule has 3 heterocycles. The maximum absolute atomic E-state index is 5.20. The molecule has 0 amide bonds. The molecule has 0 aliphatic rings. The van der Waals surface area contributed by atoms with E-state index in [1.807, 2.05) is 18.2 Å². The van der Waals surface area contributed by atoms with E-state index < -0.39 is 0 Å². The maximum atomic E-state index is 5.20. The molecule has 58 heavy (non-hydrogen) atoms. The van der Waals surface area contributed by atoms with Crippen LogP contribution in [0.4, 0.5) is 0 Å². The van der Waals surface area contributed by atoms with Crippen LogP contribution in [0.3, 0.4) is 0 Å². The van der Waals surface area contributed by atoms with Gasteiger partial charge in [0.2, 0.25) is 5.95 Å². The Morgan fingerprint density at radius 1 is 0.276 bits per heavy atom. The van der Waals surface area contributed by atoms with E-state index in [2.05, 4.69) is 191 Å². The molecule has 5 heteroatoms. The Labute approximate surface area is 333 Å². The van der Waals surface area contributed by atoms with Crippen molar-refractivity contribution in [2.75, 3.05) is 0 Å². The number of hydrogen-bond donors (Lipinski definition) is 0. The number of rotatable bonds is 5. The fourth-order valence-corrected chi connectivity index (χ4v) is 8.75. The van der Waals surface area contributed by atoms with Gasteiger partial charge in [0.05, 0.1) is 22.1 Å². The molecule has 9 aromatic carbocycles. The predicted molar refractivity (Wildman–Crippen MR) is 240 cm³/mol. The van der Waals surface area contributed by atoms with E-state index in [-0.39, 0.29) is 0 Å². The van der Waals surface area contributed by atoms with Gasteiger partial charge >= 0.3 is 0 Å². The normalized spacial score (nSPS) is 11.8. The summed E-state index contributed by atoms with van der Waals surface area (Å²) in [6.07, 6.45) is 0. The number of fused-ring (bicyclic) bond motifs is 8. The Hall–Kier alpha value is -7.89. The molecule has 12 rings (SSSR count). The van der Waals surface area contributed by atoms with Crippen LogP contribution in [-0.2, 0) is 0 Å². The minimum absolute atomic E-state index is 0.582. The lowest BCUT2D eigenvalue weighted by Crippen LogP contribution is -2.06. The van der Waals surface area contributed by atoms with Gasteiger partial charge in [0.1, 0.15) is 0 Å². The zero-order valence-corrected chi connectivity index (χ0v) is 31.3. The first-order chi connectivity index (χ1) is 28.7. The Morgan fingerprint density at radius 2 is 0.759 bits per heavy atom. The maximum Gasteiger partial charge on any atom is 0.238 e. The van der Waals surface area contributed by atoms with E-state index in [4.69, 9.17) is 15.0 Å². The van der Waals surface area contributed by atoms with Gasteiger partial charge in [-0.25, -0.2) is 4.98 Å². The van der Waals surface area contributed by atoms with Crippen LogP contribution in [0.1, 0.15) is 0 Å². The van der Waals surface area contributed by atoms with Gasteiger partial charge in [-0.3, -0.25) is 4.57 Å². The van der Waals surface area contributed by atoms with E-state index in [0.717, 1.165) is 55.1 Å². The molecule has 0 bridgehead atoms. The second-order valence-electron chi connectivity index (χ2n) is 14.9. The molecule has 0 atom stereocenters. The van der Waals surface area contributed by atoms with Crippen LogP contribution in [0.25, 0.3) is 111 Å². The van der Waals surface area contributed by atoms with E-state index in [1.165, 1.54) is 38.0 Å². The van der Waals surface area contributed by atoms with Gasteiger partial charge in [-0.1, -0.05) is 146 Å². The minimum Gasteiger partial charge on any atom is -0.309 e. The van der Waals surface area contributed by atoms with Gasteiger partial charge in [-0.05, 0) is 87.3 Å².